The topological polar surface area (TPSA) is 95.9 Å². The molecule has 1 aromatic carbocycles. The number of carbonyl (C=O) groups is 2. The van der Waals surface area contributed by atoms with Crippen molar-refractivity contribution in [2.75, 3.05) is 13.2 Å². The Bertz CT molecular complexity index is 511. The quantitative estimate of drug-likeness (QED) is 0.670. The van der Waals surface area contributed by atoms with Crippen LogP contribution in [0.2, 0.25) is 0 Å². The minimum atomic E-state index is -1.99. The van der Waals surface area contributed by atoms with Gasteiger partial charge in [0.1, 0.15) is 0 Å². The molecule has 0 aliphatic rings. The van der Waals surface area contributed by atoms with E-state index in [0.29, 0.717) is 6.61 Å². The third-order valence-corrected chi connectivity index (χ3v) is 3.24. The molecule has 1 unspecified atom stereocenters. The monoisotopic (exact) mass is 309 g/mol. The van der Waals surface area contributed by atoms with Crippen LogP contribution in [0.5, 0.6) is 0 Å². The Hall–Kier alpha value is -1.92. The van der Waals surface area contributed by atoms with Crippen molar-refractivity contribution in [3.8, 4) is 0 Å². The fourth-order valence-corrected chi connectivity index (χ4v) is 1.63. The fourth-order valence-electron chi connectivity index (χ4n) is 1.63. The average molecular weight is 309 g/mol. The van der Waals surface area contributed by atoms with Crippen LogP contribution in [-0.2, 0) is 20.9 Å². The molecule has 0 radical (unpaired) electrons. The molecule has 6 heteroatoms. The van der Waals surface area contributed by atoms with Crippen LogP contribution in [0.3, 0.4) is 0 Å². The van der Waals surface area contributed by atoms with E-state index in [1.807, 2.05) is 30.3 Å². The van der Waals surface area contributed by atoms with Crippen molar-refractivity contribution in [3.05, 3.63) is 35.9 Å². The van der Waals surface area contributed by atoms with Gasteiger partial charge in [-0.3, -0.25) is 4.79 Å². The predicted octanol–water partition coefficient (Wildman–Crippen LogP) is 1.18. The molecule has 3 N–H and O–H groups in total. The first-order valence-corrected chi connectivity index (χ1v) is 7.01. The van der Waals surface area contributed by atoms with E-state index in [4.69, 9.17) is 9.84 Å². The van der Waals surface area contributed by atoms with Crippen LogP contribution in [0, 0.1) is 5.41 Å². The van der Waals surface area contributed by atoms with Gasteiger partial charge in [-0.05, 0) is 26.3 Å². The van der Waals surface area contributed by atoms with Crippen molar-refractivity contribution < 1.29 is 24.5 Å². The van der Waals surface area contributed by atoms with Crippen molar-refractivity contribution in [1.82, 2.24) is 5.32 Å². The highest BCUT2D eigenvalue weighted by Crippen LogP contribution is 2.17. The highest BCUT2D eigenvalue weighted by atomic mass is 16.5. The molecule has 0 heterocycles. The normalized spacial score (nSPS) is 14.2. The van der Waals surface area contributed by atoms with E-state index in [9.17, 15) is 14.7 Å². The van der Waals surface area contributed by atoms with Crippen molar-refractivity contribution in [1.29, 1.82) is 0 Å². The Kier molecular flexibility index (Phi) is 6.08. The molecule has 0 bridgehead atoms. The minimum Gasteiger partial charge on any atom is -0.479 e. The molecule has 0 saturated carbocycles. The number of carbonyl (C=O) groups excluding carboxylic acids is 1. The predicted molar refractivity (Wildman–Crippen MR) is 81.1 cm³/mol. The molecule has 0 fully saturated rings. The number of rotatable bonds is 8. The number of hydrogen-bond donors (Lipinski definition) is 3. The maximum Gasteiger partial charge on any atom is 0.337 e. The minimum absolute atomic E-state index is 0.183. The van der Waals surface area contributed by atoms with Gasteiger partial charge in [0, 0.05) is 0 Å². The van der Waals surface area contributed by atoms with Crippen molar-refractivity contribution in [3.63, 3.8) is 0 Å². The van der Waals surface area contributed by atoms with Gasteiger partial charge in [-0.25, -0.2) is 4.79 Å². The van der Waals surface area contributed by atoms with Crippen LogP contribution in [0.25, 0.3) is 0 Å². The largest absolute Gasteiger partial charge is 0.479 e. The summed E-state index contributed by atoms with van der Waals surface area (Å²) in [4.78, 5) is 22.9. The Labute approximate surface area is 130 Å². The second kappa shape index (κ2) is 7.38. The summed E-state index contributed by atoms with van der Waals surface area (Å²) in [6.07, 6.45) is 0. The fraction of sp³-hybridized carbons (Fsp3) is 0.500. The summed E-state index contributed by atoms with van der Waals surface area (Å²) in [5.74, 6) is -1.76. The van der Waals surface area contributed by atoms with Crippen LogP contribution < -0.4 is 5.32 Å². The number of nitrogens with one attached hydrogen (secondary N) is 1. The van der Waals surface area contributed by atoms with Crippen molar-refractivity contribution in [2.24, 2.45) is 5.41 Å². The first-order chi connectivity index (χ1) is 10.1. The zero-order valence-electron chi connectivity index (χ0n) is 13.1. The van der Waals surface area contributed by atoms with Gasteiger partial charge >= 0.3 is 5.97 Å². The van der Waals surface area contributed by atoms with E-state index < -0.39 is 17.0 Å². The molecule has 122 valence electrons. The number of carboxylic acids is 1. The lowest BCUT2D eigenvalue weighted by atomic mass is 9.93. The van der Waals surface area contributed by atoms with Gasteiger partial charge in [0.15, 0.2) is 5.60 Å². The zero-order chi connectivity index (χ0) is 16.8. The maximum absolute atomic E-state index is 12.1. The second-order valence-corrected chi connectivity index (χ2v) is 6.12. The first kappa shape index (κ1) is 18.1. The summed E-state index contributed by atoms with van der Waals surface area (Å²) in [6.45, 7) is 4.75. The molecule has 0 aromatic heterocycles. The summed E-state index contributed by atoms with van der Waals surface area (Å²) in [5.41, 5.74) is -1.81. The van der Waals surface area contributed by atoms with Gasteiger partial charge in [-0.1, -0.05) is 30.3 Å². The van der Waals surface area contributed by atoms with Crippen molar-refractivity contribution in [2.45, 2.75) is 33.0 Å². The van der Waals surface area contributed by atoms with Crippen LogP contribution in [0.4, 0.5) is 0 Å². The Morgan fingerprint density at radius 3 is 2.32 bits per heavy atom. The standard InChI is InChI=1S/C16H23NO5/c1-15(2,11-22-9-12-7-5-4-6-8-12)13(18)17-10-16(3,21)14(19)20/h4-8,21H,9-11H2,1-3H3,(H,17,18)(H,19,20). The average Bonchev–Trinajstić information content (AvgIpc) is 2.45. The van der Waals surface area contributed by atoms with Gasteiger partial charge in [0.25, 0.3) is 0 Å². The van der Waals surface area contributed by atoms with Gasteiger partial charge in [0.05, 0.1) is 25.2 Å². The summed E-state index contributed by atoms with van der Waals surface area (Å²) in [6, 6.07) is 9.58. The summed E-state index contributed by atoms with van der Waals surface area (Å²) in [5, 5.41) is 20.8. The van der Waals surface area contributed by atoms with E-state index in [1.54, 1.807) is 13.8 Å². The van der Waals surface area contributed by atoms with Crippen molar-refractivity contribution >= 4 is 11.9 Å². The molecule has 1 aromatic rings. The second-order valence-electron chi connectivity index (χ2n) is 6.12. The highest BCUT2D eigenvalue weighted by molar-refractivity contribution is 5.83. The molecular weight excluding hydrogens is 286 g/mol. The molecule has 0 spiro atoms. The van der Waals surface area contributed by atoms with Gasteiger partial charge < -0.3 is 20.3 Å². The number of aliphatic carboxylic acids is 1. The van der Waals surface area contributed by atoms with E-state index in [2.05, 4.69) is 5.32 Å². The molecular formula is C16H23NO5. The first-order valence-electron chi connectivity index (χ1n) is 7.01. The summed E-state index contributed by atoms with van der Waals surface area (Å²) >= 11 is 0. The third kappa shape index (κ3) is 5.46. The summed E-state index contributed by atoms with van der Waals surface area (Å²) in [7, 11) is 0. The number of hydrogen-bond acceptors (Lipinski definition) is 4. The molecule has 0 aliphatic carbocycles. The van der Waals surface area contributed by atoms with E-state index in [-0.39, 0.29) is 19.1 Å². The van der Waals surface area contributed by atoms with Gasteiger partial charge in [-0.15, -0.1) is 0 Å². The van der Waals surface area contributed by atoms with Crippen LogP contribution >= 0.6 is 0 Å². The van der Waals surface area contributed by atoms with E-state index >= 15 is 0 Å². The van der Waals surface area contributed by atoms with Crippen LogP contribution in [-0.4, -0.2) is 40.8 Å². The molecule has 1 atom stereocenters. The smallest absolute Gasteiger partial charge is 0.337 e. The lowest BCUT2D eigenvalue weighted by molar-refractivity contribution is -0.156. The van der Waals surface area contributed by atoms with Gasteiger partial charge in [0.2, 0.25) is 5.91 Å². The molecule has 1 amide bonds. The SMILES string of the molecule is CC(C)(COCc1ccccc1)C(=O)NCC(C)(O)C(=O)O. The number of amides is 1. The molecule has 0 aliphatic heterocycles. The number of carboxylic acid groups (broad SMARTS) is 1. The van der Waals surface area contributed by atoms with Crippen LogP contribution in [0.15, 0.2) is 30.3 Å². The number of benzene rings is 1. The highest BCUT2D eigenvalue weighted by Gasteiger charge is 2.34. The Balaban J connectivity index is 2.44. The van der Waals surface area contributed by atoms with E-state index in [0.717, 1.165) is 12.5 Å². The summed E-state index contributed by atoms with van der Waals surface area (Å²) < 4.78 is 5.55. The van der Waals surface area contributed by atoms with Crippen LogP contribution in [0.1, 0.15) is 26.3 Å². The lowest BCUT2D eigenvalue weighted by Crippen LogP contribution is -2.50. The lowest BCUT2D eigenvalue weighted by Gasteiger charge is -2.26. The maximum atomic E-state index is 12.1. The molecule has 22 heavy (non-hydrogen) atoms. The third-order valence-electron chi connectivity index (χ3n) is 3.24. The molecule has 0 saturated heterocycles. The Morgan fingerprint density at radius 1 is 1.18 bits per heavy atom. The number of aliphatic hydroxyl groups is 1. The molecule has 6 nitrogen and oxygen atoms in total. The zero-order valence-corrected chi connectivity index (χ0v) is 13.1. The Morgan fingerprint density at radius 2 is 1.77 bits per heavy atom. The van der Waals surface area contributed by atoms with Gasteiger partial charge in [-0.2, -0.15) is 0 Å². The molecule has 1 rings (SSSR count). The van der Waals surface area contributed by atoms with E-state index in [1.165, 1.54) is 0 Å². The number of ether oxygens (including phenoxy) is 1.